The first kappa shape index (κ1) is 34.5. The Labute approximate surface area is 344 Å². The predicted octanol–water partition coefficient (Wildman–Crippen LogP) is 12.4. The van der Waals surface area contributed by atoms with Crippen LogP contribution in [0.25, 0.3) is 77.1 Å². The van der Waals surface area contributed by atoms with Crippen LogP contribution < -0.4 is 10.4 Å². The maximum atomic E-state index is 7.84. The van der Waals surface area contributed by atoms with Gasteiger partial charge in [0.15, 0.2) is 0 Å². The molecule has 0 unspecified atom stereocenters. The second-order valence-electron chi connectivity index (χ2n) is 16.0. The third-order valence-corrected chi connectivity index (χ3v) is 14.2. The van der Waals surface area contributed by atoms with E-state index < -0.39 is 23.0 Å². The molecule has 3 nitrogen and oxygen atoms in total. The molecule has 0 saturated heterocycles. The topological polar surface area (TPSA) is 38.9 Å². The van der Waals surface area contributed by atoms with E-state index in [0.717, 1.165) is 50.0 Å². The maximum absolute atomic E-state index is 7.84. The van der Waals surface area contributed by atoms with Gasteiger partial charge in [-0.25, -0.2) is 0 Å². The maximum Gasteiger partial charge on any atom is 0.121 e. The van der Waals surface area contributed by atoms with Gasteiger partial charge >= 0.3 is 0 Å². The molecule has 0 fully saturated rings. The number of fused-ring (bicyclic) bond motifs is 6. The molecule has 0 saturated carbocycles. The second kappa shape index (κ2) is 15.3. The minimum Gasteiger partial charge on any atom is -0.501 e. The van der Waals surface area contributed by atoms with Crippen molar-refractivity contribution >= 4 is 70.0 Å². The van der Waals surface area contributed by atoms with Crippen LogP contribution in [0.4, 0.5) is 0 Å². The van der Waals surface area contributed by atoms with Crippen LogP contribution in [0.3, 0.4) is 0 Å². The molecule has 1 radical (unpaired) electrons. The Hall–Kier alpha value is -4.98. The zero-order chi connectivity index (χ0) is 40.1. The molecule has 0 atom stereocenters. The number of hydrogen-bond acceptors (Lipinski definition) is 3. The van der Waals surface area contributed by atoms with Gasteiger partial charge in [-0.1, -0.05) is 153 Å². The van der Waals surface area contributed by atoms with Crippen molar-refractivity contribution < 1.29 is 28.6 Å². The summed E-state index contributed by atoms with van der Waals surface area (Å²) in [6.45, 7) is 11.7. The number of aryl methyl sites for hydroxylation is 1. The molecule has 0 aliphatic rings. The van der Waals surface area contributed by atoms with E-state index in [1.807, 2.05) is 60.9 Å². The third kappa shape index (κ3) is 7.78. The Bertz CT molecular complexity index is 2910. The molecule has 0 spiro atoms. The van der Waals surface area contributed by atoms with Crippen molar-refractivity contribution in [1.29, 1.82) is 0 Å². The summed E-state index contributed by atoms with van der Waals surface area (Å²) < 4.78 is 30.0. The Balaban J connectivity index is 0.000000177. The van der Waals surface area contributed by atoms with Crippen molar-refractivity contribution in [1.82, 2.24) is 9.97 Å². The van der Waals surface area contributed by atoms with Crippen molar-refractivity contribution in [2.24, 2.45) is 0 Å². The zero-order valence-electron chi connectivity index (χ0n) is 34.9. The summed E-state index contributed by atoms with van der Waals surface area (Å²) in [5.74, 6) is 0. The SMILES string of the molecule is C[Si](C)(C)c1ccnc(-c2[c-]ccc3c2oc2cc4c(ccc5ccccc54)cc23)c1.[2H]C([2H])([2H])c1c[c-]c(-c2ccc([Si](C)(C)C)cn2)cc1-c1ccccc1.[Ir]. The first-order chi connectivity index (χ1) is 27.1. The van der Waals surface area contributed by atoms with Crippen LogP contribution in [0.15, 0.2) is 144 Å². The molecule has 275 valence electrons. The van der Waals surface area contributed by atoms with Crippen molar-refractivity contribution in [2.75, 3.05) is 0 Å². The summed E-state index contributed by atoms with van der Waals surface area (Å²) in [5.41, 5.74) is 7.13. The zero-order valence-corrected chi connectivity index (χ0v) is 36.3. The number of aromatic nitrogens is 2. The van der Waals surface area contributed by atoms with Gasteiger partial charge in [0, 0.05) is 42.0 Å². The molecule has 6 heteroatoms. The Morgan fingerprint density at radius 1 is 0.618 bits per heavy atom. The summed E-state index contributed by atoms with van der Waals surface area (Å²) in [4.78, 5) is 9.28. The molecule has 3 heterocycles. The normalized spacial score (nSPS) is 12.8. The van der Waals surface area contributed by atoms with Crippen LogP contribution in [0.5, 0.6) is 0 Å². The van der Waals surface area contributed by atoms with E-state index in [-0.39, 0.29) is 20.1 Å². The molecule has 0 amide bonds. The number of nitrogens with zero attached hydrogens (tertiary/aromatic N) is 2. The van der Waals surface area contributed by atoms with Gasteiger partial charge in [0.1, 0.15) is 5.58 Å². The van der Waals surface area contributed by atoms with Gasteiger partial charge in [0.2, 0.25) is 0 Å². The fourth-order valence-corrected chi connectivity index (χ4v) is 9.14. The summed E-state index contributed by atoms with van der Waals surface area (Å²) >= 11 is 0. The fraction of sp³-hybridized carbons (Fsp3) is 0.143. The van der Waals surface area contributed by atoms with Gasteiger partial charge in [-0.2, -0.15) is 0 Å². The summed E-state index contributed by atoms with van der Waals surface area (Å²) in [5, 5.41) is 9.86. The quantitative estimate of drug-likeness (QED) is 0.0981. The van der Waals surface area contributed by atoms with Crippen LogP contribution in [0.2, 0.25) is 39.3 Å². The predicted molar refractivity (Wildman–Crippen MR) is 235 cm³/mol. The first-order valence-corrected chi connectivity index (χ1v) is 25.4. The number of rotatable bonds is 5. The average molecular weight is 928 g/mol. The van der Waals surface area contributed by atoms with Crippen LogP contribution in [-0.2, 0) is 20.1 Å². The minimum absolute atomic E-state index is 0. The van der Waals surface area contributed by atoms with Crippen LogP contribution in [0, 0.1) is 19.0 Å². The first-order valence-electron chi connectivity index (χ1n) is 19.9. The summed E-state index contributed by atoms with van der Waals surface area (Å²) in [7, 11) is -2.84. The van der Waals surface area contributed by atoms with Crippen LogP contribution in [0.1, 0.15) is 9.68 Å². The molecule has 9 aromatic rings. The van der Waals surface area contributed by atoms with E-state index in [0.29, 0.717) is 11.1 Å². The standard InChI is InChI=1S/C28H22NOSi.C21H22NSi.Ir/c1-31(2,3)20-13-14-29-26(16-20)23-10-6-9-22-25-15-19-12-11-18-7-4-5-8-21(18)24(19)17-27(25)30-28(22)23;1-16-10-11-18(14-20(16)17-8-6-5-7-9-17)21-13-12-19(15-22-21)23(2,3)4;/h4-9,11-17H,1-3H3;5-10,12-15H,1-4H3;/q2*-1;/i;1D3;. The number of furan rings is 1. The third-order valence-electron chi connectivity index (χ3n) is 10.1. The van der Waals surface area contributed by atoms with Gasteiger partial charge in [-0.15, -0.1) is 47.5 Å². The molecule has 55 heavy (non-hydrogen) atoms. The summed E-state index contributed by atoms with van der Waals surface area (Å²) in [6.07, 6.45) is 3.86. The van der Waals surface area contributed by atoms with Gasteiger partial charge in [0.25, 0.3) is 0 Å². The molecule has 6 aromatic carbocycles. The van der Waals surface area contributed by atoms with Gasteiger partial charge < -0.3 is 14.4 Å². The van der Waals surface area contributed by atoms with E-state index in [2.05, 4.69) is 134 Å². The van der Waals surface area contributed by atoms with Crippen molar-refractivity contribution in [3.63, 3.8) is 0 Å². The molecule has 0 N–H and O–H groups in total. The van der Waals surface area contributed by atoms with Crippen molar-refractivity contribution in [3.8, 4) is 33.6 Å². The smallest absolute Gasteiger partial charge is 0.121 e. The van der Waals surface area contributed by atoms with Crippen molar-refractivity contribution in [2.45, 2.75) is 46.1 Å². The van der Waals surface area contributed by atoms with Crippen LogP contribution >= 0.6 is 0 Å². The van der Waals surface area contributed by atoms with E-state index in [9.17, 15) is 0 Å². The van der Waals surface area contributed by atoms with Crippen molar-refractivity contribution in [3.05, 3.63) is 157 Å². The van der Waals surface area contributed by atoms with E-state index in [1.54, 1.807) is 6.07 Å². The monoisotopic (exact) mass is 928 g/mol. The van der Waals surface area contributed by atoms with Gasteiger partial charge in [0.05, 0.1) is 21.7 Å². The second-order valence-corrected chi connectivity index (χ2v) is 26.1. The Morgan fingerprint density at radius 3 is 2.13 bits per heavy atom. The minimum atomic E-state index is -2.19. The molecule has 0 bridgehead atoms. The van der Waals surface area contributed by atoms with Gasteiger partial charge in [-0.3, -0.25) is 0 Å². The Kier molecular flexibility index (Phi) is 9.59. The van der Waals surface area contributed by atoms with E-state index in [1.165, 1.54) is 31.9 Å². The average Bonchev–Trinajstić information content (AvgIpc) is 3.57. The van der Waals surface area contributed by atoms with E-state index >= 15 is 0 Å². The largest absolute Gasteiger partial charge is 0.501 e. The van der Waals surface area contributed by atoms with Crippen LogP contribution in [-0.4, -0.2) is 26.1 Å². The molecular formula is C49H44IrN2OSi2-2. The Morgan fingerprint density at radius 2 is 1.38 bits per heavy atom. The molecular weight excluding hydrogens is 881 g/mol. The number of pyridine rings is 2. The summed E-state index contributed by atoms with van der Waals surface area (Å²) in [6, 6.07) is 49.5. The molecule has 0 aliphatic heterocycles. The molecule has 3 aromatic heterocycles. The fourth-order valence-electron chi connectivity index (χ4n) is 6.96. The van der Waals surface area contributed by atoms with E-state index in [4.69, 9.17) is 8.53 Å². The molecule has 0 aliphatic carbocycles. The van der Waals surface area contributed by atoms with Gasteiger partial charge in [-0.05, 0) is 61.9 Å². The molecule has 9 rings (SSSR count). The number of benzene rings is 6. The number of hydrogen-bond donors (Lipinski definition) is 0.